The zero-order chi connectivity index (χ0) is 4.99. The summed E-state index contributed by atoms with van der Waals surface area (Å²) in [5.74, 6) is 0. The van der Waals surface area contributed by atoms with E-state index in [9.17, 15) is 0 Å². The van der Waals surface area contributed by atoms with Gasteiger partial charge in [-0.2, -0.15) is 0 Å². The van der Waals surface area contributed by atoms with Crippen LogP contribution in [0.1, 0.15) is 26.7 Å². The fourth-order valence-electron chi connectivity index (χ4n) is 0.398. The number of alkyl halides is 1. The average Bonchev–Trinajstić information content (AvgIpc) is 1.35. The fraction of sp³-hybridized carbons (Fsp3) is 1.00. The first-order chi connectivity index (χ1) is 2.77. The molecule has 0 aromatic carbocycles. The number of hydrogen-bond donors (Lipinski definition) is 0. The molecule has 0 heterocycles. The molecule has 1 atom stereocenters. The molecule has 0 aliphatic carbocycles. The molecule has 0 aromatic heterocycles. The third kappa shape index (κ3) is 4.73. The van der Waals surface area contributed by atoms with E-state index in [1.165, 1.54) is 12.8 Å². The van der Waals surface area contributed by atoms with Crippen molar-refractivity contribution in [3.63, 3.8) is 0 Å². The van der Waals surface area contributed by atoms with Crippen molar-refractivity contribution in [1.82, 2.24) is 0 Å². The van der Waals surface area contributed by atoms with E-state index in [1.807, 2.05) is 0 Å². The summed E-state index contributed by atoms with van der Waals surface area (Å²) in [6, 6.07) is 0. The SMILES string of the molecule is CCC[C@@H](C)I. The van der Waals surface area contributed by atoms with E-state index >= 15 is 0 Å². The van der Waals surface area contributed by atoms with Gasteiger partial charge in [0.1, 0.15) is 0 Å². The Labute approximate surface area is 53.5 Å². The first kappa shape index (κ1) is 6.73. The van der Waals surface area contributed by atoms with Gasteiger partial charge in [0.15, 0.2) is 0 Å². The monoisotopic (exact) mass is 198 g/mol. The van der Waals surface area contributed by atoms with Crippen LogP contribution in [0.3, 0.4) is 0 Å². The molecule has 0 saturated heterocycles. The van der Waals surface area contributed by atoms with Crippen LogP contribution in [-0.4, -0.2) is 3.92 Å². The maximum absolute atomic E-state index is 2.44. The quantitative estimate of drug-likeness (QED) is 0.472. The Morgan fingerprint density at radius 2 is 2.17 bits per heavy atom. The van der Waals surface area contributed by atoms with Gasteiger partial charge in [0.25, 0.3) is 0 Å². The Morgan fingerprint density at radius 1 is 1.67 bits per heavy atom. The topological polar surface area (TPSA) is 0 Å². The van der Waals surface area contributed by atoms with Gasteiger partial charge >= 0.3 is 0 Å². The van der Waals surface area contributed by atoms with Gasteiger partial charge < -0.3 is 0 Å². The molecule has 0 aliphatic rings. The summed E-state index contributed by atoms with van der Waals surface area (Å²) in [4.78, 5) is 0. The van der Waals surface area contributed by atoms with Crippen molar-refractivity contribution >= 4 is 22.6 Å². The van der Waals surface area contributed by atoms with E-state index in [0.717, 1.165) is 3.92 Å². The van der Waals surface area contributed by atoms with Crippen LogP contribution in [0.25, 0.3) is 0 Å². The maximum atomic E-state index is 2.44. The lowest BCUT2D eigenvalue weighted by atomic mass is 10.3. The molecular formula is C5H11I. The summed E-state index contributed by atoms with van der Waals surface area (Å²) in [5, 5.41) is 0. The Balaban J connectivity index is 2.63. The zero-order valence-electron chi connectivity index (χ0n) is 4.37. The van der Waals surface area contributed by atoms with Crippen LogP contribution in [0.15, 0.2) is 0 Å². The largest absolute Gasteiger partial charge is 0.0829 e. The maximum Gasteiger partial charge on any atom is 0.00812 e. The molecule has 0 nitrogen and oxygen atoms in total. The van der Waals surface area contributed by atoms with Crippen molar-refractivity contribution in [2.45, 2.75) is 30.6 Å². The third-order valence-electron chi connectivity index (χ3n) is 0.686. The van der Waals surface area contributed by atoms with Crippen LogP contribution >= 0.6 is 22.6 Å². The molecule has 0 N–H and O–H groups in total. The Morgan fingerprint density at radius 3 is 2.17 bits per heavy atom. The first-order valence-electron chi connectivity index (χ1n) is 2.41. The van der Waals surface area contributed by atoms with Gasteiger partial charge in [0, 0.05) is 3.92 Å². The van der Waals surface area contributed by atoms with Crippen molar-refractivity contribution < 1.29 is 0 Å². The minimum atomic E-state index is 0.868. The van der Waals surface area contributed by atoms with Crippen LogP contribution < -0.4 is 0 Å². The highest BCUT2D eigenvalue weighted by Crippen LogP contribution is 2.04. The molecule has 0 aromatic rings. The van der Waals surface area contributed by atoms with E-state index in [4.69, 9.17) is 0 Å². The lowest BCUT2D eigenvalue weighted by Gasteiger charge is -1.93. The van der Waals surface area contributed by atoms with Crippen LogP contribution in [0.4, 0.5) is 0 Å². The van der Waals surface area contributed by atoms with Crippen molar-refractivity contribution in [1.29, 1.82) is 0 Å². The van der Waals surface area contributed by atoms with Gasteiger partial charge in [-0.15, -0.1) is 0 Å². The van der Waals surface area contributed by atoms with Gasteiger partial charge in [-0.1, -0.05) is 42.9 Å². The summed E-state index contributed by atoms with van der Waals surface area (Å²) >= 11 is 2.44. The van der Waals surface area contributed by atoms with Crippen molar-refractivity contribution in [3.05, 3.63) is 0 Å². The van der Waals surface area contributed by atoms with Crippen molar-refractivity contribution in [2.24, 2.45) is 0 Å². The second-order valence-corrected chi connectivity index (χ2v) is 3.70. The first-order valence-corrected chi connectivity index (χ1v) is 3.66. The second-order valence-electron chi connectivity index (χ2n) is 1.57. The van der Waals surface area contributed by atoms with Gasteiger partial charge in [-0.05, 0) is 6.42 Å². The molecule has 0 aliphatic heterocycles. The highest BCUT2D eigenvalue weighted by molar-refractivity contribution is 14.1. The molecule has 1 heteroatoms. The van der Waals surface area contributed by atoms with Crippen LogP contribution in [0.5, 0.6) is 0 Å². The third-order valence-corrected chi connectivity index (χ3v) is 1.31. The number of halogens is 1. The molecular weight excluding hydrogens is 187 g/mol. The molecule has 0 spiro atoms. The van der Waals surface area contributed by atoms with Gasteiger partial charge in [0.2, 0.25) is 0 Å². The van der Waals surface area contributed by atoms with E-state index < -0.39 is 0 Å². The molecule has 0 fully saturated rings. The molecule has 6 heavy (non-hydrogen) atoms. The zero-order valence-corrected chi connectivity index (χ0v) is 6.53. The fourth-order valence-corrected chi connectivity index (χ4v) is 1.02. The average molecular weight is 198 g/mol. The van der Waals surface area contributed by atoms with Gasteiger partial charge in [-0.3, -0.25) is 0 Å². The summed E-state index contributed by atoms with van der Waals surface area (Å²) in [5.41, 5.74) is 0. The summed E-state index contributed by atoms with van der Waals surface area (Å²) in [6.07, 6.45) is 2.69. The second kappa shape index (κ2) is 3.90. The minimum Gasteiger partial charge on any atom is -0.0829 e. The molecule has 0 saturated carbocycles. The lowest BCUT2D eigenvalue weighted by Crippen LogP contribution is -1.84. The standard InChI is InChI=1S/C5H11I/c1-3-4-5(2)6/h5H,3-4H2,1-2H3/t5-/m1/s1. The van der Waals surface area contributed by atoms with E-state index in [-0.39, 0.29) is 0 Å². The number of rotatable bonds is 2. The Kier molecular flexibility index (Phi) is 4.38. The van der Waals surface area contributed by atoms with Gasteiger partial charge in [-0.25, -0.2) is 0 Å². The molecule has 0 radical (unpaired) electrons. The number of hydrogen-bond acceptors (Lipinski definition) is 0. The highest BCUT2D eigenvalue weighted by Gasteiger charge is 1.87. The molecule has 0 bridgehead atoms. The smallest absolute Gasteiger partial charge is 0.00812 e. The van der Waals surface area contributed by atoms with E-state index in [1.54, 1.807) is 0 Å². The van der Waals surface area contributed by atoms with Crippen LogP contribution in [0.2, 0.25) is 0 Å². The molecule has 0 unspecified atom stereocenters. The molecule has 38 valence electrons. The van der Waals surface area contributed by atoms with Crippen molar-refractivity contribution in [2.75, 3.05) is 0 Å². The summed E-state index contributed by atoms with van der Waals surface area (Å²) in [7, 11) is 0. The Bertz CT molecular complexity index is 25.1. The van der Waals surface area contributed by atoms with Crippen molar-refractivity contribution in [3.8, 4) is 0 Å². The van der Waals surface area contributed by atoms with Crippen LogP contribution in [-0.2, 0) is 0 Å². The Hall–Kier alpha value is 0.730. The summed E-state index contributed by atoms with van der Waals surface area (Å²) in [6.45, 7) is 4.46. The normalized spacial score (nSPS) is 14.5. The lowest BCUT2D eigenvalue weighted by molar-refractivity contribution is 0.807. The van der Waals surface area contributed by atoms with Gasteiger partial charge in [0.05, 0.1) is 0 Å². The molecule has 0 amide bonds. The molecule has 0 rings (SSSR count). The van der Waals surface area contributed by atoms with E-state index in [0.29, 0.717) is 0 Å². The predicted octanol–water partition coefficient (Wildman–Crippen LogP) is 2.61. The summed E-state index contributed by atoms with van der Waals surface area (Å²) < 4.78 is 0.868. The minimum absolute atomic E-state index is 0.868. The highest BCUT2D eigenvalue weighted by atomic mass is 127. The van der Waals surface area contributed by atoms with E-state index in [2.05, 4.69) is 36.4 Å². The van der Waals surface area contributed by atoms with Crippen LogP contribution in [0, 0.1) is 0 Å². The predicted molar refractivity (Wildman–Crippen MR) is 38.4 cm³/mol.